The number of hydrogen-bond acceptors (Lipinski definition) is 4. The largest absolute Gasteiger partial charge is 0.423 e. The Morgan fingerprint density at radius 1 is 0.929 bits per heavy atom. The monoisotopic (exact) mass is 392 g/mol. The fourth-order valence-corrected chi connectivity index (χ4v) is 2.62. The molecular weight excluding hydrogens is 376 g/mol. The number of ether oxygens (including phenoxy) is 1. The van der Waals surface area contributed by atoms with Crippen LogP contribution in [0.4, 0.5) is 0 Å². The molecule has 3 aromatic carbocycles. The van der Waals surface area contributed by atoms with Crippen LogP contribution < -0.4 is 10.2 Å². The molecule has 0 bridgehead atoms. The molecule has 0 aliphatic carbocycles. The third-order valence-electron chi connectivity index (χ3n) is 3.79. The van der Waals surface area contributed by atoms with E-state index in [-0.39, 0.29) is 12.3 Å². The molecule has 0 radical (unpaired) electrons. The number of halogens is 1. The molecule has 5 nitrogen and oxygen atoms in total. The molecule has 0 aliphatic rings. The van der Waals surface area contributed by atoms with Crippen molar-refractivity contribution in [2.24, 2.45) is 5.10 Å². The first kappa shape index (κ1) is 19.3. The second kappa shape index (κ2) is 9.48. The highest BCUT2D eigenvalue weighted by Gasteiger charge is 2.11. The number of amides is 1. The van der Waals surface area contributed by atoms with Gasteiger partial charge in [-0.15, -0.1) is 0 Å². The number of hydrazone groups is 1. The number of esters is 1. The molecule has 0 saturated heterocycles. The van der Waals surface area contributed by atoms with E-state index in [1.165, 1.54) is 6.21 Å². The van der Waals surface area contributed by atoms with Crippen LogP contribution in [-0.4, -0.2) is 18.1 Å². The molecular formula is C22H17ClN2O3. The van der Waals surface area contributed by atoms with Crippen LogP contribution in [0.3, 0.4) is 0 Å². The van der Waals surface area contributed by atoms with Crippen LogP contribution >= 0.6 is 11.6 Å². The van der Waals surface area contributed by atoms with Crippen LogP contribution in [0.15, 0.2) is 84.0 Å². The number of rotatable bonds is 6. The summed E-state index contributed by atoms with van der Waals surface area (Å²) in [5.74, 6) is -0.344. The standard InChI is InChI=1S/C22H17ClN2O3/c23-20-9-5-4-8-19(20)22(27)28-18-12-10-17(11-13-18)15-24-25-21(26)14-16-6-2-1-3-7-16/h1-13,15H,14H2,(H,25,26). The van der Waals surface area contributed by atoms with Gasteiger partial charge in [0.15, 0.2) is 0 Å². The molecule has 0 aromatic heterocycles. The molecule has 0 spiro atoms. The van der Waals surface area contributed by atoms with Crippen molar-refractivity contribution in [2.75, 3.05) is 0 Å². The lowest BCUT2D eigenvalue weighted by molar-refractivity contribution is -0.120. The van der Waals surface area contributed by atoms with Crippen molar-refractivity contribution >= 4 is 29.7 Å². The van der Waals surface area contributed by atoms with Gasteiger partial charge in [-0.1, -0.05) is 54.1 Å². The highest BCUT2D eigenvalue weighted by atomic mass is 35.5. The molecule has 0 saturated carbocycles. The van der Waals surface area contributed by atoms with Crippen molar-refractivity contribution in [2.45, 2.75) is 6.42 Å². The van der Waals surface area contributed by atoms with Gasteiger partial charge in [-0.25, -0.2) is 10.2 Å². The first-order chi connectivity index (χ1) is 13.6. The van der Waals surface area contributed by atoms with Crippen molar-refractivity contribution in [1.82, 2.24) is 5.43 Å². The van der Waals surface area contributed by atoms with E-state index in [9.17, 15) is 9.59 Å². The molecule has 6 heteroatoms. The van der Waals surface area contributed by atoms with Crippen molar-refractivity contribution in [3.05, 3.63) is 101 Å². The quantitative estimate of drug-likeness (QED) is 0.295. The normalized spacial score (nSPS) is 10.6. The van der Waals surface area contributed by atoms with Crippen LogP contribution in [0.5, 0.6) is 5.75 Å². The van der Waals surface area contributed by atoms with Crippen LogP contribution in [0, 0.1) is 0 Å². The van der Waals surface area contributed by atoms with Gasteiger partial charge in [0.1, 0.15) is 5.75 Å². The van der Waals surface area contributed by atoms with Crippen LogP contribution in [0.1, 0.15) is 21.5 Å². The molecule has 0 atom stereocenters. The third-order valence-corrected chi connectivity index (χ3v) is 4.12. The summed E-state index contributed by atoms with van der Waals surface area (Å²) in [6, 6.07) is 22.8. The van der Waals surface area contributed by atoms with Crippen molar-refractivity contribution in [1.29, 1.82) is 0 Å². The number of nitrogens with one attached hydrogen (secondary N) is 1. The van der Waals surface area contributed by atoms with E-state index in [1.807, 2.05) is 30.3 Å². The van der Waals surface area contributed by atoms with E-state index in [0.717, 1.165) is 11.1 Å². The Bertz CT molecular complexity index is 986. The van der Waals surface area contributed by atoms with Gasteiger partial charge in [0, 0.05) is 0 Å². The summed E-state index contributed by atoms with van der Waals surface area (Å²) < 4.78 is 5.31. The fourth-order valence-electron chi connectivity index (χ4n) is 2.41. The van der Waals surface area contributed by atoms with E-state index >= 15 is 0 Å². The number of carbonyl (C=O) groups excluding carboxylic acids is 2. The summed E-state index contributed by atoms with van der Waals surface area (Å²) >= 11 is 5.99. The summed E-state index contributed by atoms with van der Waals surface area (Å²) in [7, 11) is 0. The maximum Gasteiger partial charge on any atom is 0.345 e. The van der Waals surface area contributed by atoms with Gasteiger partial charge in [0.2, 0.25) is 5.91 Å². The van der Waals surface area contributed by atoms with Gasteiger partial charge >= 0.3 is 5.97 Å². The lowest BCUT2D eigenvalue weighted by Crippen LogP contribution is -2.19. The molecule has 28 heavy (non-hydrogen) atoms. The second-order valence-corrected chi connectivity index (χ2v) is 6.30. The molecule has 140 valence electrons. The molecule has 1 N–H and O–H groups in total. The minimum Gasteiger partial charge on any atom is -0.423 e. The second-order valence-electron chi connectivity index (χ2n) is 5.89. The highest BCUT2D eigenvalue weighted by molar-refractivity contribution is 6.33. The molecule has 0 aliphatic heterocycles. The summed E-state index contributed by atoms with van der Waals surface area (Å²) in [6.07, 6.45) is 1.78. The number of nitrogens with zero attached hydrogens (tertiary/aromatic N) is 1. The lowest BCUT2D eigenvalue weighted by atomic mass is 10.1. The summed E-state index contributed by atoms with van der Waals surface area (Å²) in [5.41, 5.74) is 4.45. The molecule has 1 amide bonds. The summed E-state index contributed by atoms with van der Waals surface area (Å²) in [4.78, 5) is 24.0. The average molecular weight is 393 g/mol. The molecule has 0 heterocycles. The topological polar surface area (TPSA) is 67.8 Å². The average Bonchev–Trinajstić information content (AvgIpc) is 2.70. The van der Waals surface area contributed by atoms with Gasteiger partial charge < -0.3 is 4.74 Å². The zero-order chi connectivity index (χ0) is 19.8. The van der Waals surface area contributed by atoms with E-state index in [4.69, 9.17) is 16.3 Å². The van der Waals surface area contributed by atoms with Crippen molar-refractivity contribution in [3.8, 4) is 5.75 Å². The van der Waals surface area contributed by atoms with E-state index in [1.54, 1.807) is 48.5 Å². The molecule has 3 rings (SSSR count). The fraction of sp³-hybridized carbons (Fsp3) is 0.0455. The van der Waals surface area contributed by atoms with E-state index in [2.05, 4.69) is 10.5 Å². The number of benzene rings is 3. The Morgan fingerprint density at radius 2 is 1.61 bits per heavy atom. The maximum atomic E-state index is 12.1. The van der Waals surface area contributed by atoms with Gasteiger partial charge in [0.05, 0.1) is 23.2 Å². The summed E-state index contributed by atoms with van der Waals surface area (Å²) in [5, 5.41) is 4.27. The highest BCUT2D eigenvalue weighted by Crippen LogP contribution is 2.18. The Morgan fingerprint density at radius 3 is 2.32 bits per heavy atom. The Kier molecular flexibility index (Phi) is 6.54. The Labute approximate surface area is 167 Å². The number of carbonyl (C=O) groups is 2. The minimum atomic E-state index is -0.528. The number of hydrogen-bond donors (Lipinski definition) is 1. The van der Waals surface area contributed by atoms with Gasteiger partial charge in [-0.2, -0.15) is 5.10 Å². The van der Waals surface area contributed by atoms with Crippen LogP contribution in [0.2, 0.25) is 5.02 Å². The van der Waals surface area contributed by atoms with E-state index < -0.39 is 5.97 Å². The van der Waals surface area contributed by atoms with Crippen molar-refractivity contribution in [3.63, 3.8) is 0 Å². The lowest BCUT2D eigenvalue weighted by Gasteiger charge is -2.06. The Hall–Kier alpha value is -3.44. The Balaban J connectivity index is 1.52. The van der Waals surface area contributed by atoms with Crippen LogP contribution in [-0.2, 0) is 11.2 Å². The van der Waals surface area contributed by atoms with Gasteiger partial charge in [-0.05, 0) is 47.5 Å². The molecule has 0 fully saturated rings. The van der Waals surface area contributed by atoms with Gasteiger partial charge in [-0.3, -0.25) is 4.79 Å². The molecule has 0 unspecified atom stereocenters. The van der Waals surface area contributed by atoms with Crippen molar-refractivity contribution < 1.29 is 14.3 Å². The SMILES string of the molecule is O=C(Cc1ccccc1)NN=Cc1ccc(OC(=O)c2ccccc2Cl)cc1. The minimum absolute atomic E-state index is 0.201. The zero-order valence-corrected chi connectivity index (χ0v) is 15.6. The van der Waals surface area contributed by atoms with E-state index in [0.29, 0.717) is 16.3 Å². The zero-order valence-electron chi connectivity index (χ0n) is 14.8. The first-order valence-corrected chi connectivity index (χ1v) is 8.92. The maximum absolute atomic E-state index is 12.1. The molecule has 3 aromatic rings. The predicted molar refractivity (Wildman–Crippen MR) is 109 cm³/mol. The summed E-state index contributed by atoms with van der Waals surface area (Å²) in [6.45, 7) is 0. The first-order valence-electron chi connectivity index (χ1n) is 8.54. The third kappa shape index (κ3) is 5.53. The predicted octanol–water partition coefficient (Wildman–Crippen LogP) is 4.25. The smallest absolute Gasteiger partial charge is 0.345 e. The van der Waals surface area contributed by atoms with Crippen LogP contribution in [0.25, 0.3) is 0 Å². The van der Waals surface area contributed by atoms with Gasteiger partial charge in [0.25, 0.3) is 0 Å².